The highest BCUT2D eigenvalue weighted by Crippen LogP contribution is 2.42. The van der Waals surface area contributed by atoms with Gasteiger partial charge in [0.05, 0.1) is 0 Å². The number of hydrogen-bond donors (Lipinski definition) is 1. The molecule has 1 N–H and O–H groups in total. The summed E-state index contributed by atoms with van der Waals surface area (Å²) in [5.41, 5.74) is 1.01. The molecule has 0 aromatic carbocycles. The summed E-state index contributed by atoms with van der Waals surface area (Å²) < 4.78 is 45.5. The van der Waals surface area contributed by atoms with Crippen LogP contribution < -0.4 is 5.32 Å². The molecule has 28 heavy (non-hydrogen) atoms. The van der Waals surface area contributed by atoms with Gasteiger partial charge in [0.15, 0.2) is 11.4 Å². The number of alkyl halides is 3. The Labute approximate surface area is 160 Å². The fourth-order valence-corrected chi connectivity index (χ4v) is 3.73. The summed E-state index contributed by atoms with van der Waals surface area (Å²) in [7, 11) is 0. The number of amides is 1. The van der Waals surface area contributed by atoms with Crippen LogP contribution in [0.1, 0.15) is 71.7 Å². The smallest absolute Gasteiger partial charge is 0.360 e. The van der Waals surface area contributed by atoms with Crippen LogP contribution in [-0.4, -0.2) is 27.4 Å². The maximum Gasteiger partial charge on any atom is 0.435 e. The fourth-order valence-electron chi connectivity index (χ4n) is 3.73. The molecule has 1 unspecified atom stereocenters. The normalized spacial score (nSPS) is 19.5. The number of nitrogens with one attached hydrogen (secondary N) is 1. The predicted octanol–water partition coefficient (Wildman–Crippen LogP) is 3.71. The molecule has 152 valence electrons. The lowest BCUT2D eigenvalue weighted by molar-refractivity contribution is -0.141. The minimum Gasteiger partial charge on any atom is -0.360 e. The van der Waals surface area contributed by atoms with Crippen molar-refractivity contribution in [1.29, 1.82) is 0 Å². The largest absolute Gasteiger partial charge is 0.435 e. The number of hydrogen-bond acceptors (Lipinski definition) is 4. The standard InChI is InChI=1S/C19H23F3N4O2/c1-11-3-6-15-13(9-11)17(25-28-15)18(27)23-7-2-8-26-14(12-4-5-12)10-16(24-26)19(20,21)22/h10-12H,2-9H2,1H3,(H,23,27). The molecule has 0 saturated heterocycles. The van der Waals surface area contributed by atoms with Crippen LogP contribution in [0.25, 0.3) is 0 Å². The fraction of sp³-hybridized carbons (Fsp3) is 0.632. The zero-order chi connectivity index (χ0) is 19.9. The van der Waals surface area contributed by atoms with Crippen molar-refractivity contribution in [3.05, 3.63) is 34.5 Å². The van der Waals surface area contributed by atoms with E-state index in [4.69, 9.17) is 4.52 Å². The van der Waals surface area contributed by atoms with Crippen LogP contribution in [0.15, 0.2) is 10.6 Å². The Balaban J connectivity index is 1.33. The van der Waals surface area contributed by atoms with Crippen molar-refractivity contribution in [1.82, 2.24) is 20.3 Å². The highest BCUT2D eigenvalue weighted by molar-refractivity contribution is 5.93. The van der Waals surface area contributed by atoms with E-state index in [1.54, 1.807) is 0 Å². The molecule has 6 nitrogen and oxygen atoms in total. The van der Waals surface area contributed by atoms with E-state index in [2.05, 4.69) is 22.5 Å². The van der Waals surface area contributed by atoms with Crippen molar-refractivity contribution in [2.45, 2.75) is 64.1 Å². The number of aryl methyl sites for hydroxylation is 2. The van der Waals surface area contributed by atoms with Crippen LogP contribution in [0, 0.1) is 5.92 Å². The molecule has 1 atom stereocenters. The van der Waals surface area contributed by atoms with Crippen molar-refractivity contribution < 1.29 is 22.5 Å². The number of halogens is 3. The van der Waals surface area contributed by atoms with Gasteiger partial charge >= 0.3 is 6.18 Å². The molecule has 2 aliphatic rings. The molecule has 2 heterocycles. The third-order valence-corrected chi connectivity index (χ3v) is 5.43. The summed E-state index contributed by atoms with van der Waals surface area (Å²) >= 11 is 0. The van der Waals surface area contributed by atoms with Gasteiger partial charge in [-0.1, -0.05) is 12.1 Å². The first-order valence-electron chi connectivity index (χ1n) is 9.73. The van der Waals surface area contributed by atoms with E-state index in [0.29, 0.717) is 36.8 Å². The van der Waals surface area contributed by atoms with Crippen molar-refractivity contribution in [2.24, 2.45) is 5.92 Å². The van der Waals surface area contributed by atoms with Crippen LogP contribution in [0.2, 0.25) is 0 Å². The third kappa shape index (κ3) is 3.93. The van der Waals surface area contributed by atoms with Crippen molar-refractivity contribution >= 4 is 5.91 Å². The Bertz CT molecular complexity index is 867. The lowest BCUT2D eigenvalue weighted by Crippen LogP contribution is -2.27. The molecule has 4 rings (SSSR count). The Morgan fingerprint density at radius 3 is 2.86 bits per heavy atom. The average Bonchev–Trinajstić information content (AvgIpc) is 3.24. The van der Waals surface area contributed by atoms with Gasteiger partial charge in [0, 0.05) is 36.7 Å². The van der Waals surface area contributed by atoms with E-state index in [9.17, 15) is 18.0 Å². The molecular weight excluding hydrogens is 373 g/mol. The van der Waals surface area contributed by atoms with Gasteiger partial charge in [-0.25, -0.2) is 0 Å². The Morgan fingerprint density at radius 1 is 1.36 bits per heavy atom. The molecule has 2 aromatic rings. The topological polar surface area (TPSA) is 73.0 Å². The van der Waals surface area contributed by atoms with E-state index < -0.39 is 11.9 Å². The molecule has 0 radical (unpaired) electrons. The number of aromatic nitrogens is 3. The Morgan fingerprint density at radius 2 is 2.14 bits per heavy atom. The maximum absolute atomic E-state index is 12.9. The molecule has 1 fully saturated rings. The molecule has 0 aliphatic heterocycles. The molecule has 0 bridgehead atoms. The van der Waals surface area contributed by atoms with Gasteiger partial charge in [0.1, 0.15) is 5.76 Å². The lowest BCUT2D eigenvalue weighted by atomic mass is 9.88. The van der Waals surface area contributed by atoms with Gasteiger partial charge in [-0.2, -0.15) is 18.3 Å². The average molecular weight is 396 g/mol. The van der Waals surface area contributed by atoms with E-state index in [1.165, 1.54) is 4.68 Å². The number of rotatable bonds is 6. The zero-order valence-corrected chi connectivity index (χ0v) is 15.7. The molecule has 1 amide bonds. The molecule has 0 spiro atoms. The number of fused-ring (bicyclic) bond motifs is 1. The molecule has 2 aliphatic carbocycles. The van der Waals surface area contributed by atoms with Gasteiger partial charge < -0.3 is 9.84 Å². The highest BCUT2D eigenvalue weighted by atomic mass is 19.4. The van der Waals surface area contributed by atoms with E-state index in [1.807, 2.05) is 0 Å². The number of carbonyl (C=O) groups is 1. The molecule has 1 saturated carbocycles. The van der Waals surface area contributed by atoms with Crippen LogP contribution in [-0.2, 0) is 25.6 Å². The summed E-state index contributed by atoms with van der Waals surface area (Å²) in [5.74, 6) is 1.15. The minimum atomic E-state index is -4.44. The van der Waals surface area contributed by atoms with Gasteiger partial charge in [0.2, 0.25) is 0 Å². The van der Waals surface area contributed by atoms with E-state index >= 15 is 0 Å². The van der Waals surface area contributed by atoms with Crippen LogP contribution in [0.4, 0.5) is 13.2 Å². The van der Waals surface area contributed by atoms with Gasteiger partial charge in [0.25, 0.3) is 5.91 Å². The minimum absolute atomic E-state index is 0.168. The third-order valence-electron chi connectivity index (χ3n) is 5.43. The van der Waals surface area contributed by atoms with Gasteiger partial charge in [-0.15, -0.1) is 0 Å². The number of carbonyl (C=O) groups excluding carboxylic acids is 1. The highest BCUT2D eigenvalue weighted by Gasteiger charge is 2.37. The molecule has 2 aromatic heterocycles. The van der Waals surface area contributed by atoms with Gasteiger partial charge in [-0.05, 0) is 44.1 Å². The summed E-state index contributed by atoms with van der Waals surface area (Å²) in [4.78, 5) is 12.4. The Kier molecular flexibility index (Phi) is 4.93. The molecular formula is C19H23F3N4O2. The van der Waals surface area contributed by atoms with Crippen LogP contribution in [0.3, 0.4) is 0 Å². The number of nitrogens with zero attached hydrogens (tertiary/aromatic N) is 3. The summed E-state index contributed by atoms with van der Waals surface area (Å²) in [6.45, 7) is 2.80. The summed E-state index contributed by atoms with van der Waals surface area (Å²) in [6, 6.07) is 1.15. The second-order valence-electron chi connectivity index (χ2n) is 7.84. The SMILES string of the molecule is CC1CCc2onc(C(=O)NCCCn3nc(C(F)(F)F)cc3C3CC3)c2C1. The van der Waals surface area contributed by atoms with Crippen LogP contribution >= 0.6 is 0 Å². The van der Waals surface area contributed by atoms with E-state index in [0.717, 1.165) is 49.5 Å². The first-order chi connectivity index (χ1) is 13.3. The first kappa shape index (κ1) is 19.0. The van der Waals surface area contributed by atoms with Gasteiger partial charge in [-0.3, -0.25) is 9.48 Å². The second kappa shape index (κ2) is 7.25. The lowest BCUT2D eigenvalue weighted by Gasteiger charge is -2.16. The first-order valence-corrected chi connectivity index (χ1v) is 9.73. The monoisotopic (exact) mass is 396 g/mol. The predicted molar refractivity (Wildman–Crippen MR) is 93.8 cm³/mol. The van der Waals surface area contributed by atoms with Crippen molar-refractivity contribution in [3.63, 3.8) is 0 Å². The van der Waals surface area contributed by atoms with E-state index in [-0.39, 0.29) is 11.8 Å². The van der Waals surface area contributed by atoms with Crippen molar-refractivity contribution in [2.75, 3.05) is 6.54 Å². The zero-order valence-electron chi connectivity index (χ0n) is 15.7. The second-order valence-corrected chi connectivity index (χ2v) is 7.84. The molecule has 9 heteroatoms. The van der Waals surface area contributed by atoms with Crippen molar-refractivity contribution in [3.8, 4) is 0 Å². The Hall–Kier alpha value is -2.32. The summed E-state index contributed by atoms with van der Waals surface area (Å²) in [5, 5.41) is 10.4. The maximum atomic E-state index is 12.9. The van der Waals surface area contributed by atoms with Crippen LogP contribution in [0.5, 0.6) is 0 Å². The quantitative estimate of drug-likeness (QED) is 0.756. The summed E-state index contributed by atoms with van der Waals surface area (Å²) in [6.07, 6.45) is 0.440.